The lowest BCUT2D eigenvalue weighted by molar-refractivity contribution is -0.137. The molecule has 4 nitrogen and oxygen atoms in total. The molecule has 0 bridgehead atoms. The van der Waals surface area contributed by atoms with Gasteiger partial charge in [-0.25, -0.2) is 0 Å². The molecular formula is C17H28O4Si. The topological polar surface area (TPSA) is 55.8 Å². The van der Waals surface area contributed by atoms with E-state index in [1.807, 2.05) is 24.3 Å². The molecule has 1 rings (SSSR count). The van der Waals surface area contributed by atoms with E-state index in [1.54, 1.807) is 0 Å². The largest absolute Gasteiger partial charge is 0.494 e. The second kappa shape index (κ2) is 8.95. The maximum atomic E-state index is 10.4. The van der Waals surface area contributed by atoms with Gasteiger partial charge in [0, 0.05) is 6.42 Å². The van der Waals surface area contributed by atoms with Crippen LogP contribution in [0.2, 0.25) is 19.1 Å². The average Bonchev–Trinajstić information content (AvgIpc) is 2.41. The van der Waals surface area contributed by atoms with Crippen molar-refractivity contribution in [3.05, 3.63) is 29.8 Å². The molecule has 0 aliphatic rings. The Morgan fingerprint density at radius 2 is 1.86 bits per heavy atom. The molecule has 0 spiro atoms. The second-order valence-electron chi connectivity index (χ2n) is 6.64. The first-order valence-electron chi connectivity index (χ1n) is 7.86. The minimum atomic E-state index is -1.59. The van der Waals surface area contributed by atoms with Gasteiger partial charge in [0.15, 0.2) is 8.32 Å². The summed E-state index contributed by atoms with van der Waals surface area (Å²) in [4.78, 5) is 10.4. The third-order valence-corrected chi connectivity index (χ3v) is 5.98. The number of ether oxygens (including phenoxy) is 1. The predicted molar refractivity (Wildman–Crippen MR) is 90.7 cm³/mol. The van der Waals surface area contributed by atoms with Gasteiger partial charge in [-0.05, 0) is 49.2 Å². The molecule has 0 radical (unpaired) electrons. The van der Waals surface area contributed by atoms with Crippen LogP contribution in [0.3, 0.4) is 0 Å². The number of hydrogen-bond donors (Lipinski definition) is 1. The van der Waals surface area contributed by atoms with Gasteiger partial charge in [0.05, 0.1) is 13.2 Å². The Hall–Kier alpha value is -1.33. The van der Waals surface area contributed by atoms with Crippen molar-refractivity contribution in [2.24, 2.45) is 5.92 Å². The van der Waals surface area contributed by atoms with Gasteiger partial charge >= 0.3 is 5.97 Å². The zero-order chi connectivity index (χ0) is 16.6. The van der Waals surface area contributed by atoms with Crippen molar-refractivity contribution in [3.8, 4) is 5.75 Å². The Labute approximate surface area is 134 Å². The fraction of sp³-hybridized carbons (Fsp3) is 0.588. The van der Waals surface area contributed by atoms with Crippen LogP contribution in [0.25, 0.3) is 0 Å². The fourth-order valence-electron chi connectivity index (χ4n) is 2.42. The quantitative estimate of drug-likeness (QED) is 0.515. The lowest BCUT2D eigenvalue weighted by Crippen LogP contribution is -2.31. The van der Waals surface area contributed by atoms with Gasteiger partial charge in [-0.1, -0.05) is 26.0 Å². The summed E-state index contributed by atoms with van der Waals surface area (Å²) in [7, 11) is -1.59. The third-order valence-electron chi connectivity index (χ3n) is 3.26. The fourth-order valence-corrected chi connectivity index (χ4v) is 5.06. The number of carboxylic acids is 1. The summed E-state index contributed by atoms with van der Waals surface area (Å²) in [5, 5.41) is 8.56. The molecule has 0 unspecified atom stereocenters. The Kier molecular flexibility index (Phi) is 7.62. The standard InChI is InChI=1S/C17H28O4Si/c1-14(2)13-22(3,4)21-12-15-7-9-16(10-8-15)20-11-5-6-17(18)19/h7-10,14H,5-6,11-13H2,1-4H3,(H,18,19). The van der Waals surface area contributed by atoms with E-state index in [9.17, 15) is 4.79 Å². The molecule has 5 heteroatoms. The van der Waals surface area contributed by atoms with Crippen LogP contribution in [0.5, 0.6) is 5.75 Å². The summed E-state index contributed by atoms with van der Waals surface area (Å²) in [6.07, 6.45) is 0.663. The summed E-state index contributed by atoms with van der Waals surface area (Å²) >= 11 is 0. The number of carbonyl (C=O) groups is 1. The van der Waals surface area contributed by atoms with E-state index in [0.29, 0.717) is 25.6 Å². The molecule has 0 saturated heterocycles. The second-order valence-corrected chi connectivity index (χ2v) is 10.9. The lowest BCUT2D eigenvalue weighted by atomic mass is 10.2. The van der Waals surface area contributed by atoms with Crippen molar-refractivity contribution in [2.45, 2.75) is 52.4 Å². The zero-order valence-corrected chi connectivity index (χ0v) is 15.1. The first-order valence-corrected chi connectivity index (χ1v) is 11.0. The zero-order valence-electron chi connectivity index (χ0n) is 14.1. The van der Waals surface area contributed by atoms with Crippen molar-refractivity contribution in [1.29, 1.82) is 0 Å². The van der Waals surface area contributed by atoms with Crippen molar-refractivity contribution < 1.29 is 19.1 Å². The third kappa shape index (κ3) is 8.19. The highest BCUT2D eigenvalue weighted by Gasteiger charge is 2.23. The first kappa shape index (κ1) is 18.7. The van der Waals surface area contributed by atoms with Crippen LogP contribution in [-0.2, 0) is 15.8 Å². The highest BCUT2D eigenvalue weighted by molar-refractivity contribution is 6.71. The number of hydrogen-bond acceptors (Lipinski definition) is 3. The summed E-state index contributed by atoms with van der Waals surface area (Å²) in [6, 6.07) is 9.00. The molecule has 0 fully saturated rings. The molecule has 0 atom stereocenters. The number of rotatable bonds is 10. The molecule has 1 aromatic carbocycles. The molecule has 0 aliphatic heterocycles. The summed E-state index contributed by atoms with van der Waals surface area (Å²) in [5.41, 5.74) is 1.14. The SMILES string of the molecule is CC(C)C[Si](C)(C)OCc1ccc(OCCCC(=O)O)cc1. The summed E-state index contributed by atoms with van der Waals surface area (Å²) < 4.78 is 11.6. The van der Waals surface area contributed by atoms with Crippen molar-refractivity contribution >= 4 is 14.3 Å². The van der Waals surface area contributed by atoms with Gasteiger partial charge in [0.1, 0.15) is 5.75 Å². The molecule has 124 valence electrons. The monoisotopic (exact) mass is 324 g/mol. The minimum absolute atomic E-state index is 0.140. The Morgan fingerprint density at radius 3 is 2.41 bits per heavy atom. The molecular weight excluding hydrogens is 296 g/mol. The van der Waals surface area contributed by atoms with Gasteiger partial charge in [0.2, 0.25) is 0 Å². The normalized spacial score (nSPS) is 11.7. The van der Waals surface area contributed by atoms with Crippen LogP contribution < -0.4 is 4.74 Å². The lowest BCUT2D eigenvalue weighted by Gasteiger charge is -2.24. The van der Waals surface area contributed by atoms with Crippen LogP contribution in [-0.4, -0.2) is 26.0 Å². The van der Waals surface area contributed by atoms with Crippen molar-refractivity contribution in [3.63, 3.8) is 0 Å². The molecule has 0 aromatic heterocycles. The van der Waals surface area contributed by atoms with E-state index in [-0.39, 0.29) is 6.42 Å². The average molecular weight is 324 g/mol. The number of benzene rings is 1. The smallest absolute Gasteiger partial charge is 0.303 e. The van der Waals surface area contributed by atoms with Crippen LogP contribution in [0.1, 0.15) is 32.3 Å². The number of carboxylic acid groups (broad SMARTS) is 1. The van der Waals surface area contributed by atoms with Gasteiger partial charge in [0.25, 0.3) is 0 Å². The Bertz CT molecular complexity index is 454. The Balaban J connectivity index is 2.37. The minimum Gasteiger partial charge on any atom is -0.494 e. The van der Waals surface area contributed by atoms with E-state index >= 15 is 0 Å². The number of aliphatic carboxylic acids is 1. The van der Waals surface area contributed by atoms with Gasteiger partial charge in [-0.3, -0.25) is 4.79 Å². The van der Waals surface area contributed by atoms with E-state index in [0.717, 1.165) is 17.4 Å². The molecule has 0 heterocycles. The summed E-state index contributed by atoms with van der Waals surface area (Å²) in [6.45, 7) is 10.0. The molecule has 1 aromatic rings. The molecule has 22 heavy (non-hydrogen) atoms. The Morgan fingerprint density at radius 1 is 1.23 bits per heavy atom. The van der Waals surface area contributed by atoms with Crippen LogP contribution in [0.4, 0.5) is 0 Å². The maximum absolute atomic E-state index is 10.4. The predicted octanol–water partition coefficient (Wildman–Crippen LogP) is 4.31. The molecule has 1 N–H and O–H groups in total. The first-order chi connectivity index (χ1) is 10.3. The summed E-state index contributed by atoms with van der Waals surface area (Å²) in [5.74, 6) is 0.653. The van der Waals surface area contributed by atoms with E-state index < -0.39 is 14.3 Å². The molecule has 0 saturated carbocycles. The highest BCUT2D eigenvalue weighted by Crippen LogP contribution is 2.20. The maximum Gasteiger partial charge on any atom is 0.303 e. The van der Waals surface area contributed by atoms with Gasteiger partial charge in [-0.2, -0.15) is 0 Å². The van der Waals surface area contributed by atoms with Crippen molar-refractivity contribution in [2.75, 3.05) is 6.61 Å². The van der Waals surface area contributed by atoms with Crippen LogP contribution in [0, 0.1) is 5.92 Å². The highest BCUT2D eigenvalue weighted by atomic mass is 28.4. The van der Waals surface area contributed by atoms with Crippen LogP contribution in [0.15, 0.2) is 24.3 Å². The van der Waals surface area contributed by atoms with E-state index in [1.165, 1.54) is 0 Å². The van der Waals surface area contributed by atoms with E-state index in [2.05, 4.69) is 26.9 Å². The van der Waals surface area contributed by atoms with Gasteiger partial charge in [-0.15, -0.1) is 0 Å². The van der Waals surface area contributed by atoms with E-state index in [4.69, 9.17) is 14.3 Å². The van der Waals surface area contributed by atoms with Crippen LogP contribution >= 0.6 is 0 Å². The van der Waals surface area contributed by atoms with Crippen molar-refractivity contribution in [1.82, 2.24) is 0 Å². The van der Waals surface area contributed by atoms with Gasteiger partial charge < -0.3 is 14.3 Å². The molecule has 0 aliphatic carbocycles. The molecule has 0 amide bonds.